The van der Waals surface area contributed by atoms with E-state index in [1.165, 1.54) is 5.69 Å². The first kappa shape index (κ1) is 18.0. The van der Waals surface area contributed by atoms with Gasteiger partial charge < -0.3 is 14.4 Å². The number of rotatable bonds is 7. The van der Waals surface area contributed by atoms with Crippen molar-refractivity contribution in [2.75, 3.05) is 51.8 Å². The van der Waals surface area contributed by atoms with Gasteiger partial charge in [-0.05, 0) is 32.3 Å². The normalized spacial score (nSPS) is 18.0. The van der Waals surface area contributed by atoms with Crippen LogP contribution in [0.5, 0.6) is 5.88 Å². The van der Waals surface area contributed by atoms with E-state index in [-0.39, 0.29) is 5.60 Å². The summed E-state index contributed by atoms with van der Waals surface area (Å²) in [5.41, 5.74) is 1.15. The lowest BCUT2D eigenvalue weighted by molar-refractivity contribution is -0.000200. The third-order valence-corrected chi connectivity index (χ3v) is 4.63. The van der Waals surface area contributed by atoms with Crippen LogP contribution in [0, 0.1) is 5.92 Å². The van der Waals surface area contributed by atoms with Crippen LogP contribution in [0.25, 0.3) is 0 Å². The molecule has 1 aromatic heterocycles. The molecule has 1 aromatic rings. The molecule has 0 aromatic carbocycles. The Hall–Kier alpha value is -1.33. The second kappa shape index (κ2) is 7.97. The van der Waals surface area contributed by atoms with Crippen LogP contribution in [0.4, 0.5) is 5.69 Å². The number of methoxy groups -OCH3 is 2. The second-order valence-corrected chi connectivity index (χ2v) is 7.12. The third kappa shape index (κ3) is 5.36. The zero-order valence-corrected chi connectivity index (χ0v) is 15.2. The summed E-state index contributed by atoms with van der Waals surface area (Å²) in [6, 6.07) is 4.02. The molecule has 1 saturated heterocycles. The highest BCUT2D eigenvalue weighted by atomic mass is 16.5. The van der Waals surface area contributed by atoms with Gasteiger partial charge in [0.1, 0.15) is 0 Å². The number of pyridine rings is 1. The molecule has 0 radical (unpaired) electrons. The van der Waals surface area contributed by atoms with E-state index in [4.69, 9.17) is 9.47 Å². The van der Waals surface area contributed by atoms with Crippen molar-refractivity contribution in [3.63, 3.8) is 0 Å². The maximum Gasteiger partial charge on any atom is 0.213 e. The van der Waals surface area contributed by atoms with Crippen LogP contribution in [0.15, 0.2) is 18.3 Å². The minimum atomic E-state index is -0.0317. The van der Waals surface area contributed by atoms with Gasteiger partial charge in [-0.1, -0.05) is 6.92 Å². The van der Waals surface area contributed by atoms with E-state index in [0.717, 1.165) is 39.1 Å². The molecule has 1 fully saturated rings. The zero-order chi connectivity index (χ0) is 16.9. The monoisotopic (exact) mass is 321 g/mol. The van der Waals surface area contributed by atoms with E-state index in [1.807, 2.05) is 12.3 Å². The van der Waals surface area contributed by atoms with E-state index in [2.05, 4.69) is 41.6 Å². The molecule has 1 atom stereocenters. The molecule has 23 heavy (non-hydrogen) atoms. The first-order valence-corrected chi connectivity index (χ1v) is 8.46. The van der Waals surface area contributed by atoms with Crippen LogP contribution in [-0.2, 0) is 4.74 Å². The molecule has 0 bridgehead atoms. The molecule has 130 valence electrons. The molecule has 0 amide bonds. The summed E-state index contributed by atoms with van der Waals surface area (Å²) in [5, 5.41) is 0. The van der Waals surface area contributed by atoms with Gasteiger partial charge in [0, 0.05) is 45.9 Å². The Bertz CT molecular complexity index is 468. The topological polar surface area (TPSA) is 37.8 Å². The molecule has 0 spiro atoms. The molecular weight excluding hydrogens is 290 g/mol. The fourth-order valence-electron chi connectivity index (χ4n) is 3.30. The zero-order valence-electron chi connectivity index (χ0n) is 15.2. The lowest BCUT2D eigenvalue weighted by Crippen LogP contribution is -2.48. The Kier molecular flexibility index (Phi) is 6.25. The third-order valence-electron chi connectivity index (χ3n) is 4.63. The molecule has 1 aliphatic rings. The van der Waals surface area contributed by atoms with Gasteiger partial charge in [-0.25, -0.2) is 4.98 Å². The summed E-state index contributed by atoms with van der Waals surface area (Å²) in [6.07, 6.45) is 2.99. The van der Waals surface area contributed by atoms with Crippen molar-refractivity contribution in [1.29, 1.82) is 0 Å². The number of anilines is 1. The molecular formula is C18H31N3O2. The van der Waals surface area contributed by atoms with Crippen LogP contribution in [-0.4, -0.2) is 62.4 Å². The maximum absolute atomic E-state index is 5.55. The van der Waals surface area contributed by atoms with Crippen molar-refractivity contribution in [2.24, 2.45) is 5.92 Å². The quantitative estimate of drug-likeness (QED) is 0.772. The van der Waals surface area contributed by atoms with Crippen LogP contribution in [0.3, 0.4) is 0 Å². The Balaban J connectivity index is 1.79. The molecule has 0 N–H and O–H groups in total. The first-order chi connectivity index (χ1) is 10.9. The Labute approximate surface area is 140 Å². The highest BCUT2D eigenvalue weighted by Gasteiger charge is 2.23. The minimum Gasteiger partial charge on any atom is -0.481 e. The average Bonchev–Trinajstić information content (AvgIpc) is 2.55. The Morgan fingerprint density at radius 2 is 1.87 bits per heavy atom. The Morgan fingerprint density at radius 3 is 2.39 bits per heavy atom. The number of aromatic nitrogens is 1. The predicted octanol–water partition coefficient (Wildman–Crippen LogP) is 2.66. The Morgan fingerprint density at radius 1 is 1.17 bits per heavy atom. The highest BCUT2D eigenvalue weighted by Crippen LogP contribution is 2.22. The summed E-state index contributed by atoms with van der Waals surface area (Å²) < 4.78 is 10.7. The first-order valence-electron chi connectivity index (χ1n) is 8.46. The molecule has 2 heterocycles. The number of hydrogen-bond donors (Lipinski definition) is 0. The van der Waals surface area contributed by atoms with Gasteiger partial charge in [-0.2, -0.15) is 0 Å². The average molecular weight is 321 g/mol. The summed E-state index contributed by atoms with van der Waals surface area (Å²) in [4.78, 5) is 9.25. The van der Waals surface area contributed by atoms with Crippen molar-refractivity contribution in [3.8, 4) is 5.88 Å². The lowest BCUT2D eigenvalue weighted by Gasteiger charge is -2.38. The van der Waals surface area contributed by atoms with Crippen LogP contribution < -0.4 is 9.64 Å². The minimum absolute atomic E-state index is 0.0317. The molecule has 0 saturated carbocycles. The molecule has 1 unspecified atom stereocenters. The largest absolute Gasteiger partial charge is 0.481 e. The van der Waals surface area contributed by atoms with Crippen LogP contribution in [0.1, 0.15) is 27.2 Å². The highest BCUT2D eigenvalue weighted by molar-refractivity contribution is 5.45. The van der Waals surface area contributed by atoms with E-state index in [1.54, 1.807) is 14.2 Å². The van der Waals surface area contributed by atoms with Gasteiger partial charge >= 0.3 is 0 Å². The van der Waals surface area contributed by atoms with Gasteiger partial charge in [-0.15, -0.1) is 0 Å². The number of ether oxygens (including phenoxy) is 2. The predicted molar refractivity (Wildman–Crippen MR) is 94.3 cm³/mol. The molecule has 1 aliphatic heterocycles. The van der Waals surface area contributed by atoms with Crippen molar-refractivity contribution in [2.45, 2.75) is 32.8 Å². The molecule has 2 rings (SSSR count). The van der Waals surface area contributed by atoms with Gasteiger partial charge in [0.2, 0.25) is 5.88 Å². The van der Waals surface area contributed by atoms with E-state index >= 15 is 0 Å². The van der Waals surface area contributed by atoms with Crippen molar-refractivity contribution < 1.29 is 9.47 Å². The lowest BCUT2D eigenvalue weighted by atomic mass is 9.94. The summed E-state index contributed by atoms with van der Waals surface area (Å²) in [6.45, 7) is 12.1. The summed E-state index contributed by atoms with van der Waals surface area (Å²) in [7, 11) is 3.45. The van der Waals surface area contributed by atoms with Gasteiger partial charge in [-0.3, -0.25) is 4.90 Å². The van der Waals surface area contributed by atoms with Gasteiger partial charge in [0.25, 0.3) is 0 Å². The fraction of sp³-hybridized carbons (Fsp3) is 0.722. The SMILES string of the molecule is COc1ccc(N2CCN(CC(C)CC(C)(C)OC)CC2)cn1. The smallest absolute Gasteiger partial charge is 0.213 e. The number of hydrogen-bond acceptors (Lipinski definition) is 5. The van der Waals surface area contributed by atoms with Crippen LogP contribution in [0.2, 0.25) is 0 Å². The number of piperazine rings is 1. The van der Waals surface area contributed by atoms with E-state index < -0.39 is 0 Å². The molecule has 5 nitrogen and oxygen atoms in total. The van der Waals surface area contributed by atoms with Gasteiger partial charge in [0.15, 0.2) is 0 Å². The van der Waals surface area contributed by atoms with E-state index in [9.17, 15) is 0 Å². The summed E-state index contributed by atoms with van der Waals surface area (Å²) in [5.74, 6) is 1.31. The van der Waals surface area contributed by atoms with Crippen molar-refractivity contribution in [1.82, 2.24) is 9.88 Å². The van der Waals surface area contributed by atoms with Crippen molar-refractivity contribution in [3.05, 3.63) is 18.3 Å². The number of nitrogens with zero attached hydrogens (tertiary/aromatic N) is 3. The van der Waals surface area contributed by atoms with Crippen LogP contribution >= 0.6 is 0 Å². The van der Waals surface area contributed by atoms with Crippen molar-refractivity contribution >= 4 is 5.69 Å². The maximum atomic E-state index is 5.55. The van der Waals surface area contributed by atoms with E-state index in [0.29, 0.717) is 11.8 Å². The molecule has 0 aliphatic carbocycles. The molecule has 5 heteroatoms. The standard InChI is InChI=1S/C18H31N3O2/c1-15(12-18(2,3)23-5)14-20-8-10-21(11-9-20)16-6-7-17(22-4)19-13-16/h6-7,13,15H,8-12,14H2,1-5H3. The second-order valence-electron chi connectivity index (χ2n) is 7.12. The summed E-state index contributed by atoms with van der Waals surface area (Å²) >= 11 is 0. The fourth-order valence-corrected chi connectivity index (χ4v) is 3.30. The van der Waals surface area contributed by atoms with Gasteiger partial charge in [0.05, 0.1) is 24.6 Å².